The van der Waals surface area contributed by atoms with E-state index in [0.29, 0.717) is 30.3 Å². The number of urea groups is 1. The number of anilines is 3. The average Bonchev–Trinajstić information content (AvgIpc) is 3.39. The predicted molar refractivity (Wildman–Crippen MR) is 154 cm³/mol. The number of hydrogen-bond donors (Lipinski definition) is 3. The third-order valence-electron chi connectivity index (χ3n) is 9.10. The highest BCUT2D eigenvalue weighted by molar-refractivity contribution is 5.96. The van der Waals surface area contributed by atoms with Crippen molar-refractivity contribution in [2.45, 2.75) is 75.8 Å². The smallest absolute Gasteiger partial charge is 0.320 e. The lowest BCUT2D eigenvalue weighted by molar-refractivity contribution is 0.0995. The number of carbonyl (C=O) groups excluding carboxylic acids is 2. The molecule has 4 heterocycles. The van der Waals surface area contributed by atoms with Crippen LogP contribution in [0.1, 0.15) is 79.8 Å². The Hall–Kier alpha value is -3.47. The van der Waals surface area contributed by atoms with E-state index in [1.807, 2.05) is 12.1 Å². The van der Waals surface area contributed by atoms with Crippen LogP contribution in [0.4, 0.5) is 22.2 Å². The van der Waals surface area contributed by atoms with Gasteiger partial charge in [0, 0.05) is 37.9 Å². The number of aromatic nitrogens is 3. The Bertz CT molecular complexity index is 1190. The van der Waals surface area contributed by atoms with Crippen molar-refractivity contribution in [1.82, 2.24) is 30.3 Å². The maximum Gasteiger partial charge on any atom is 0.320 e. The first-order chi connectivity index (χ1) is 19.6. The van der Waals surface area contributed by atoms with Crippen molar-refractivity contribution in [2.75, 3.05) is 49.5 Å². The molecule has 0 radical (unpaired) electrons. The molecule has 2 aromatic rings. The van der Waals surface area contributed by atoms with E-state index in [-0.39, 0.29) is 17.8 Å². The van der Waals surface area contributed by atoms with Gasteiger partial charge in [-0.2, -0.15) is 4.98 Å². The minimum atomic E-state index is -0.678. The number of piperidine rings is 2. The summed E-state index contributed by atoms with van der Waals surface area (Å²) in [7, 11) is 0. The van der Waals surface area contributed by atoms with Crippen molar-refractivity contribution in [2.24, 2.45) is 5.73 Å². The van der Waals surface area contributed by atoms with E-state index in [9.17, 15) is 9.59 Å². The van der Waals surface area contributed by atoms with Gasteiger partial charge >= 0.3 is 6.03 Å². The van der Waals surface area contributed by atoms with E-state index < -0.39 is 5.91 Å². The Kier molecular flexibility index (Phi) is 7.99. The maximum absolute atomic E-state index is 13.4. The van der Waals surface area contributed by atoms with Crippen LogP contribution in [0.25, 0.3) is 0 Å². The normalized spacial score (nSPS) is 23.1. The Morgan fingerprint density at radius 2 is 1.57 bits per heavy atom. The van der Waals surface area contributed by atoms with Crippen LogP contribution in [0.2, 0.25) is 0 Å². The van der Waals surface area contributed by atoms with Crippen molar-refractivity contribution in [3.05, 3.63) is 35.5 Å². The van der Waals surface area contributed by atoms with Crippen molar-refractivity contribution in [1.29, 1.82) is 0 Å². The summed E-state index contributed by atoms with van der Waals surface area (Å²) in [5.74, 6) is 0.629. The predicted octanol–water partition coefficient (Wildman–Crippen LogP) is 3.22. The van der Waals surface area contributed by atoms with Crippen molar-refractivity contribution in [3.63, 3.8) is 0 Å². The molecule has 1 aromatic heterocycles. The molecule has 1 saturated carbocycles. The molecule has 0 bridgehead atoms. The SMILES string of the molecule is NC(=O)c1nnc(N2CCCC(N3CCN(C4CCCCC4)C3=O)C2)nc1Nc1ccc(C2CCNCC2)cc1. The first-order valence-corrected chi connectivity index (χ1v) is 15.0. The molecule has 3 saturated heterocycles. The number of carbonyl (C=O) groups is 2. The fourth-order valence-electron chi connectivity index (χ4n) is 6.87. The fourth-order valence-corrected chi connectivity index (χ4v) is 6.87. The molecule has 40 heavy (non-hydrogen) atoms. The average molecular weight is 548 g/mol. The third-order valence-corrected chi connectivity index (χ3v) is 9.10. The second-order valence-corrected chi connectivity index (χ2v) is 11.6. The number of benzene rings is 1. The Morgan fingerprint density at radius 3 is 2.30 bits per heavy atom. The molecule has 1 aliphatic carbocycles. The van der Waals surface area contributed by atoms with E-state index in [4.69, 9.17) is 10.7 Å². The van der Waals surface area contributed by atoms with E-state index in [1.165, 1.54) is 24.8 Å². The summed E-state index contributed by atoms with van der Waals surface area (Å²) >= 11 is 0. The van der Waals surface area contributed by atoms with E-state index in [2.05, 4.69) is 47.7 Å². The zero-order valence-electron chi connectivity index (χ0n) is 23.2. The molecule has 214 valence electrons. The van der Waals surface area contributed by atoms with Gasteiger partial charge in [0.1, 0.15) is 0 Å². The molecule has 4 N–H and O–H groups in total. The fraction of sp³-hybridized carbons (Fsp3) is 0.621. The molecular formula is C29H41N9O2. The van der Waals surface area contributed by atoms with Gasteiger partial charge in [-0.05, 0) is 75.2 Å². The second-order valence-electron chi connectivity index (χ2n) is 11.6. The van der Waals surface area contributed by atoms with Gasteiger partial charge in [0.15, 0.2) is 11.5 Å². The van der Waals surface area contributed by atoms with Gasteiger partial charge in [-0.3, -0.25) is 4.79 Å². The molecule has 1 atom stereocenters. The zero-order valence-corrected chi connectivity index (χ0v) is 23.2. The van der Waals surface area contributed by atoms with Crippen LogP contribution < -0.4 is 21.3 Å². The van der Waals surface area contributed by atoms with Crippen LogP contribution in [0, 0.1) is 0 Å². The largest absolute Gasteiger partial charge is 0.364 e. The first-order valence-electron chi connectivity index (χ1n) is 15.0. The Balaban J connectivity index is 1.15. The molecule has 11 heteroatoms. The van der Waals surface area contributed by atoms with Gasteiger partial charge in [0.05, 0.1) is 6.04 Å². The number of nitrogens with two attached hydrogens (primary N) is 1. The lowest BCUT2D eigenvalue weighted by Gasteiger charge is -2.38. The molecule has 3 amide bonds. The number of nitrogens with one attached hydrogen (secondary N) is 2. The molecule has 0 spiro atoms. The highest BCUT2D eigenvalue weighted by atomic mass is 16.2. The summed E-state index contributed by atoms with van der Waals surface area (Å²) in [6.07, 6.45) is 10.1. The van der Waals surface area contributed by atoms with Crippen LogP contribution in [0.15, 0.2) is 24.3 Å². The molecule has 1 aromatic carbocycles. The summed E-state index contributed by atoms with van der Waals surface area (Å²) in [6, 6.07) is 8.97. The van der Waals surface area contributed by atoms with E-state index in [1.54, 1.807) is 0 Å². The van der Waals surface area contributed by atoms with Crippen molar-refractivity contribution < 1.29 is 9.59 Å². The number of nitrogens with zero attached hydrogens (tertiary/aromatic N) is 6. The topological polar surface area (TPSA) is 133 Å². The monoisotopic (exact) mass is 547 g/mol. The van der Waals surface area contributed by atoms with Gasteiger partial charge in [0.2, 0.25) is 5.95 Å². The maximum atomic E-state index is 13.4. The highest BCUT2D eigenvalue weighted by Crippen LogP contribution is 2.30. The number of primary amides is 1. The number of hydrogen-bond acceptors (Lipinski definition) is 8. The molecule has 4 fully saturated rings. The molecule has 4 aliphatic rings. The summed E-state index contributed by atoms with van der Waals surface area (Å²) in [6.45, 7) is 5.09. The second kappa shape index (κ2) is 12.0. The zero-order chi connectivity index (χ0) is 27.5. The first kappa shape index (κ1) is 26.7. The highest BCUT2D eigenvalue weighted by Gasteiger charge is 2.39. The van der Waals surface area contributed by atoms with Crippen LogP contribution in [0.5, 0.6) is 0 Å². The Morgan fingerprint density at radius 1 is 0.875 bits per heavy atom. The van der Waals surface area contributed by atoms with Crippen LogP contribution in [-0.2, 0) is 0 Å². The van der Waals surface area contributed by atoms with E-state index in [0.717, 1.165) is 76.9 Å². The quantitative estimate of drug-likeness (QED) is 0.481. The lowest BCUT2D eigenvalue weighted by atomic mass is 9.90. The standard InChI is InChI=1S/C29H41N9O2/c30-26(39)25-27(32-22-10-8-20(9-11-22)21-12-14-31-15-13-21)33-28(35-34-25)36-16-4-7-24(19-36)38-18-17-37(29(38)40)23-5-2-1-3-6-23/h8-11,21,23-24,31H,1-7,12-19H2,(H2,30,39)(H,32,33,35). The molecule has 11 nitrogen and oxygen atoms in total. The van der Waals surface area contributed by atoms with Gasteiger partial charge in [-0.25, -0.2) is 4.79 Å². The van der Waals surface area contributed by atoms with E-state index >= 15 is 0 Å². The van der Waals surface area contributed by atoms with Gasteiger partial charge in [-0.15, -0.1) is 10.2 Å². The molecule has 3 aliphatic heterocycles. The summed E-state index contributed by atoms with van der Waals surface area (Å²) < 4.78 is 0. The van der Waals surface area contributed by atoms with Gasteiger partial charge < -0.3 is 31.1 Å². The third kappa shape index (κ3) is 5.70. The minimum Gasteiger partial charge on any atom is -0.364 e. The summed E-state index contributed by atoms with van der Waals surface area (Å²) in [5, 5.41) is 15.1. The van der Waals surface area contributed by atoms with Gasteiger partial charge in [-0.1, -0.05) is 31.4 Å². The molecular weight excluding hydrogens is 506 g/mol. The molecule has 1 unspecified atom stereocenters. The summed E-state index contributed by atoms with van der Waals surface area (Å²) in [4.78, 5) is 36.5. The van der Waals surface area contributed by atoms with Crippen LogP contribution >= 0.6 is 0 Å². The number of rotatable bonds is 7. The number of amides is 3. The molecule has 6 rings (SSSR count). The van der Waals surface area contributed by atoms with Crippen LogP contribution in [-0.4, -0.2) is 88.3 Å². The van der Waals surface area contributed by atoms with Crippen molar-refractivity contribution in [3.8, 4) is 0 Å². The van der Waals surface area contributed by atoms with Crippen molar-refractivity contribution >= 4 is 29.4 Å². The summed E-state index contributed by atoms with van der Waals surface area (Å²) in [5.41, 5.74) is 7.77. The lowest BCUT2D eigenvalue weighted by Crippen LogP contribution is -2.50. The Labute approximate surface area is 235 Å². The minimum absolute atomic E-state index is 0.0117. The van der Waals surface area contributed by atoms with Gasteiger partial charge in [0.25, 0.3) is 5.91 Å². The van der Waals surface area contributed by atoms with Crippen LogP contribution in [0.3, 0.4) is 0 Å².